The number of hydrogen-bond acceptors (Lipinski definition) is 1. The van der Waals surface area contributed by atoms with Crippen LogP contribution in [0, 0.1) is 0 Å². The quantitative estimate of drug-likeness (QED) is 0.784. The van der Waals surface area contributed by atoms with E-state index in [1.54, 1.807) is 12.1 Å². The number of nitrogens with zero attached hydrogens (tertiary/aromatic N) is 1. The number of carboxylic acids is 1. The predicted octanol–water partition coefficient (Wildman–Crippen LogP) is 4.15. The lowest BCUT2D eigenvalue weighted by molar-refractivity contribution is 0.0697. The first-order valence-corrected chi connectivity index (χ1v) is 6.99. The van der Waals surface area contributed by atoms with Crippen LogP contribution in [-0.4, -0.2) is 15.6 Å². The van der Waals surface area contributed by atoms with Gasteiger partial charge in [-0.25, -0.2) is 4.79 Å². The van der Waals surface area contributed by atoms with E-state index in [-0.39, 0.29) is 0 Å². The van der Waals surface area contributed by atoms with Gasteiger partial charge in [-0.1, -0.05) is 34.1 Å². The molecule has 0 aliphatic rings. The Balaban J connectivity index is 1.92. The molecule has 3 nitrogen and oxygen atoms in total. The van der Waals surface area contributed by atoms with Crippen LogP contribution in [0.3, 0.4) is 0 Å². The second kappa shape index (κ2) is 5.13. The minimum Gasteiger partial charge on any atom is -0.478 e. The molecular weight excluding hydrogens is 318 g/mol. The van der Waals surface area contributed by atoms with Gasteiger partial charge in [-0.15, -0.1) is 0 Å². The van der Waals surface area contributed by atoms with E-state index >= 15 is 0 Å². The number of carbonyl (C=O) groups is 1. The van der Waals surface area contributed by atoms with Crippen LogP contribution in [0.15, 0.2) is 59.2 Å². The SMILES string of the molecule is O=C(O)c1ccc(Cn2ccc3ccc(Br)cc32)cc1. The van der Waals surface area contributed by atoms with Crippen LogP contribution in [0.5, 0.6) is 0 Å². The third-order valence-corrected chi connectivity index (χ3v) is 3.78. The van der Waals surface area contributed by atoms with E-state index < -0.39 is 5.97 Å². The Bertz CT molecular complexity index is 775. The number of halogens is 1. The molecule has 0 saturated heterocycles. The van der Waals surface area contributed by atoms with Crippen molar-refractivity contribution in [2.24, 2.45) is 0 Å². The summed E-state index contributed by atoms with van der Waals surface area (Å²) in [5.41, 5.74) is 2.54. The third kappa shape index (κ3) is 2.47. The Morgan fingerprint density at radius 3 is 2.55 bits per heavy atom. The number of aromatic carboxylic acids is 1. The van der Waals surface area contributed by atoms with Gasteiger partial charge in [-0.05, 0) is 41.3 Å². The fourth-order valence-corrected chi connectivity index (χ4v) is 2.59. The molecule has 0 radical (unpaired) electrons. The van der Waals surface area contributed by atoms with Crippen molar-refractivity contribution in [3.63, 3.8) is 0 Å². The number of rotatable bonds is 3. The van der Waals surface area contributed by atoms with Crippen molar-refractivity contribution in [3.8, 4) is 0 Å². The van der Waals surface area contributed by atoms with Crippen LogP contribution in [0.4, 0.5) is 0 Å². The molecule has 2 aromatic carbocycles. The van der Waals surface area contributed by atoms with Crippen LogP contribution in [0.25, 0.3) is 10.9 Å². The van der Waals surface area contributed by atoms with Gasteiger partial charge in [0.2, 0.25) is 0 Å². The fraction of sp³-hybridized carbons (Fsp3) is 0.0625. The topological polar surface area (TPSA) is 42.2 Å². The van der Waals surface area contributed by atoms with Crippen molar-refractivity contribution >= 4 is 32.8 Å². The summed E-state index contributed by atoms with van der Waals surface area (Å²) in [6, 6.07) is 15.2. The Morgan fingerprint density at radius 2 is 1.85 bits per heavy atom. The van der Waals surface area contributed by atoms with Gasteiger partial charge in [0, 0.05) is 22.7 Å². The van der Waals surface area contributed by atoms with E-state index in [0.717, 1.165) is 22.1 Å². The molecule has 1 heterocycles. The van der Waals surface area contributed by atoms with Gasteiger partial charge in [0.05, 0.1) is 5.56 Å². The van der Waals surface area contributed by atoms with E-state index in [0.29, 0.717) is 5.56 Å². The minimum absolute atomic E-state index is 0.314. The lowest BCUT2D eigenvalue weighted by Gasteiger charge is -2.06. The average Bonchev–Trinajstić information content (AvgIpc) is 2.82. The highest BCUT2D eigenvalue weighted by molar-refractivity contribution is 9.10. The number of benzene rings is 2. The van der Waals surface area contributed by atoms with Crippen molar-refractivity contribution in [3.05, 3.63) is 70.3 Å². The number of carboxylic acid groups (broad SMARTS) is 1. The maximum Gasteiger partial charge on any atom is 0.335 e. The molecule has 1 aromatic heterocycles. The first kappa shape index (κ1) is 12.9. The molecule has 0 unspecified atom stereocenters. The first-order valence-electron chi connectivity index (χ1n) is 6.20. The zero-order valence-corrected chi connectivity index (χ0v) is 12.2. The third-order valence-electron chi connectivity index (χ3n) is 3.29. The Labute approximate surface area is 124 Å². The van der Waals surface area contributed by atoms with Gasteiger partial charge in [0.25, 0.3) is 0 Å². The van der Waals surface area contributed by atoms with Gasteiger partial charge < -0.3 is 9.67 Å². The lowest BCUT2D eigenvalue weighted by Crippen LogP contribution is -2.00. The maximum absolute atomic E-state index is 10.8. The van der Waals surface area contributed by atoms with Crippen molar-refractivity contribution in [1.82, 2.24) is 4.57 Å². The molecule has 0 saturated carbocycles. The van der Waals surface area contributed by atoms with Gasteiger partial charge in [-0.2, -0.15) is 0 Å². The van der Waals surface area contributed by atoms with Crippen LogP contribution in [-0.2, 0) is 6.54 Å². The molecular formula is C16H12BrNO2. The molecule has 1 N–H and O–H groups in total. The molecule has 4 heteroatoms. The Morgan fingerprint density at radius 1 is 1.10 bits per heavy atom. The van der Waals surface area contributed by atoms with Crippen LogP contribution in [0.2, 0.25) is 0 Å². The minimum atomic E-state index is -0.896. The molecule has 0 atom stereocenters. The highest BCUT2D eigenvalue weighted by Gasteiger charge is 2.04. The molecule has 100 valence electrons. The maximum atomic E-state index is 10.8. The van der Waals surface area contributed by atoms with Crippen molar-refractivity contribution in [1.29, 1.82) is 0 Å². The molecule has 0 spiro atoms. The summed E-state index contributed by atoms with van der Waals surface area (Å²) in [7, 11) is 0. The molecule has 0 aliphatic heterocycles. The number of hydrogen-bond donors (Lipinski definition) is 1. The summed E-state index contributed by atoms with van der Waals surface area (Å²) in [5.74, 6) is -0.896. The highest BCUT2D eigenvalue weighted by Crippen LogP contribution is 2.21. The van der Waals surface area contributed by atoms with E-state index in [1.165, 1.54) is 5.39 Å². The zero-order valence-electron chi connectivity index (χ0n) is 10.6. The molecule has 3 aromatic rings. The predicted molar refractivity (Wildman–Crippen MR) is 82.1 cm³/mol. The van der Waals surface area contributed by atoms with Gasteiger partial charge in [0.1, 0.15) is 0 Å². The van der Waals surface area contributed by atoms with Gasteiger partial charge >= 0.3 is 5.97 Å². The average molecular weight is 330 g/mol. The second-order valence-electron chi connectivity index (χ2n) is 4.65. The van der Waals surface area contributed by atoms with Crippen molar-refractivity contribution in [2.75, 3.05) is 0 Å². The van der Waals surface area contributed by atoms with Crippen molar-refractivity contribution < 1.29 is 9.90 Å². The van der Waals surface area contributed by atoms with Gasteiger partial charge in [0.15, 0.2) is 0 Å². The standard InChI is InChI=1S/C16H12BrNO2/c17-14-6-5-12-7-8-18(15(12)9-14)10-11-1-3-13(4-2-11)16(19)20/h1-9H,10H2,(H,19,20). The largest absolute Gasteiger partial charge is 0.478 e. The smallest absolute Gasteiger partial charge is 0.335 e. The van der Waals surface area contributed by atoms with E-state index in [1.807, 2.05) is 24.4 Å². The highest BCUT2D eigenvalue weighted by atomic mass is 79.9. The summed E-state index contributed by atoms with van der Waals surface area (Å²) >= 11 is 3.48. The van der Waals surface area contributed by atoms with E-state index in [9.17, 15) is 4.79 Å². The molecule has 0 amide bonds. The Hall–Kier alpha value is -2.07. The summed E-state index contributed by atoms with van der Waals surface area (Å²) in [5, 5.41) is 10.1. The lowest BCUT2D eigenvalue weighted by atomic mass is 10.1. The molecule has 0 aliphatic carbocycles. The van der Waals surface area contributed by atoms with E-state index in [2.05, 4.69) is 38.7 Å². The summed E-state index contributed by atoms with van der Waals surface area (Å²) in [4.78, 5) is 10.8. The number of fused-ring (bicyclic) bond motifs is 1. The first-order chi connectivity index (χ1) is 9.63. The fourth-order valence-electron chi connectivity index (χ4n) is 2.24. The van der Waals surface area contributed by atoms with E-state index in [4.69, 9.17) is 5.11 Å². The second-order valence-corrected chi connectivity index (χ2v) is 5.56. The van der Waals surface area contributed by atoms with Crippen molar-refractivity contribution in [2.45, 2.75) is 6.54 Å². The monoisotopic (exact) mass is 329 g/mol. The molecule has 0 fully saturated rings. The van der Waals surface area contributed by atoms with Crippen LogP contribution < -0.4 is 0 Å². The summed E-state index contributed by atoms with van der Waals surface area (Å²) in [6.07, 6.45) is 2.04. The Kier molecular flexibility index (Phi) is 3.32. The molecule has 3 rings (SSSR count). The summed E-state index contributed by atoms with van der Waals surface area (Å²) < 4.78 is 3.20. The summed E-state index contributed by atoms with van der Waals surface area (Å²) in [6.45, 7) is 0.722. The zero-order chi connectivity index (χ0) is 14.1. The van der Waals surface area contributed by atoms with Crippen LogP contribution >= 0.6 is 15.9 Å². The molecule has 0 bridgehead atoms. The normalized spacial score (nSPS) is 10.8. The van der Waals surface area contributed by atoms with Crippen LogP contribution in [0.1, 0.15) is 15.9 Å². The number of aromatic nitrogens is 1. The van der Waals surface area contributed by atoms with Gasteiger partial charge in [-0.3, -0.25) is 0 Å². The molecule has 20 heavy (non-hydrogen) atoms.